The number of aliphatic hydroxyl groups excluding tert-OH is 1. The predicted molar refractivity (Wildman–Crippen MR) is 93.3 cm³/mol. The molecule has 0 bridgehead atoms. The van der Waals surface area contributed by atoms with Crippen LogP contribution in [0.3, 0.4) is 0 Å². The van der Waals surface area contributed by atoms with Crippen molar-refractivity contribution < 1.29 is 19.4 Å². The van der Waals surface area contributed by atoms with Crippen LogP contribution in [0.25, 0.3) is 0 Å². The maximum absolute atomic E-state index is 12.3. The monoisotopic (exact) mass is 335 g/mol. The molecule has 0 aromatic heterocycles. The Balaban J connectivity index is 2.24. The highest BCUT2D eigenvalue weighted by molar-refractivity contribution is 5.78. The number of hydrogen-bond donors (Lipinski definition) is 2. The van der Waals surface area contributed by atoms with E-state index in [0.717, 1.165) is 35.3 Å². The summed E-state index contributed by atoms with van der Waals surface area (Å²) in [7, 11) is 3.25. The molecule has 5 heteroatoms. The van der Waals surface area contributed by atoms with Gasteiger partial charge in [0.1, 0.15) is 5.75 Å². The van der Waals surface area contributed by atoms with Gasteiger partial charge in [-0.25, -0.2) is 0 Å². The molecule has 0 heterocycles. The van der Waals surface area contributed by atoms with Crippen LogP contribution in [0.2, 0.25) is 0 Å². The van der Waals surface area contributed by atoms with Crippen molar-refractivity contribution in [1.82, 2.24) is 5.32 Å². The second-order valence-electron chi connectivity index (χ2n) is 6.63. The van der Waals surface area contributed by atoms with Crippen LogP contribution >= 0.6 is 0 Å². The number of fused-ring (bicyclic) bond motifs is 1. The maximum atomic E-state index is 12.3. The van der Waals surface area contributed by atoms with E-state index in [1.807, 2.05) is 19.9 Å². The third-order valence-corrected chi connectivity index (χ3v) is 5.23. The van der Waals surface area contributed by atoms with E-state index in [1.165, 1.54) is 5.56 Å². The fourth-order valence-corrected chi connectivity index (χ4v) is 3.75. The van der Waals surface area contributed by atoms with Crippen LogP contribution in [0.15, 0.2) is 6.07 Å². The molecule has 0 aliphatic heterocycles. The van der Waals surface area contributed by atoms with Crippen molar-refractivity contribution in [2.45, 2.75) is 39.7 Å². The Labute approximate surface area is 144 Å². The number of hydrogen-bond acceptors (Lipinski definition) is 4. The van der Waals surface area contributed by atoms with Crippen molar-refractivity contribution in [1.29, 1.82) is 0 Å². The first-order chi connectivity index (χ1) is 11.4. The zero-order valence-corrected chi connectivity index (χ0v) is 15.3. The molecular formula is C19H29NO4. The van der Waals surface area contributed by atoms with Gasteiger partial charge in [-0.1, -0.05) is 6.92 Å². The van der Waals surface area contributed by atoms with Crippen molar-refractivity contribution in [2.24, 2.45) is 11.8 Å². The molecule has 0 fully saturated rings. The van der Waals surface area contributed by atoms with Gasteiger partial charge in [-0.2, -0.15) is 0 Å². The third-order valence-electron chi connectivity index (χ3n) is 5.23. The van der Waals surface area contributed by atoms with E-state index in [0.29, 0.717) is 13.2 Å². The summed E-state index contributed by atoms with van der Waals surface area (Å²) in [4.78, 5) is 12.3. The number of aryl methyl sites for hydroxylation is 1. The zero-order chi connectivity index (χ0) is 17.9. The molecular weight excluding hydrogens is 306 g/mol. The summed E-state index contributed by atoms with van der Waals surface area (Å²) in [6.45, 7) is 6.90. The standard InChI is InChI=1S/C19H29NO4/c1-11-10-16(24-5)13(3)17-14(11)6-7-15(18(17)21)12(2)19(22)20-8-9-23-4/h10,12,15,18,21H,6-9H2,1-5H3,(H,20,22). The van der Waals surface area contributed by atoms with E-state index in [4.69, 9.17) is 9.47 Å². The van der Waals surface area contributed by atoms with Gasteiger partial charge in [0.2, 0.25) is 5.91 Å². The molecule has 2 N–H and O–H groups in total. The van der Waals surface area contributed by atoms with Crippen LogP contribution in [-0.2, 0) is 16.0 Å². The number of amides is 1. The van der Waals surface area contributed by atoms with Gasteiger partial charge in [-0.3, -0.25) is 4.79 Å². The second-order valence-corrected chi connectivity index (χ2v) is 6.63. The summed E-state index contributed by atoms with van der Waals surface area (Å²) in [6, 6.07) is 2.03. The fraction of sp³-hybridized carbons (Fsp3) is 0.632. The summed E-state index contributed by atoms with van der Waals surface area (Å²) in [5.74, 6) is 0.418. The topological polar surface area (TPSA) is 67.8 Å². The van der Waals surface area contributed by atoms with Crippen molar-refractivity contribution in [3.8, 4) is 5.75 Å². The second kappa shape index (κ2) is 7.99. The van der Waals surface area contributed by atoms with E-state index in [2.05, 4.69) is 12.2 Å². The normalized spacial score (nSPS) is 21.1. The summed E-state index contributed by atoms with van der Waals surface area (Å²) in [6.07, 6.45) is 1.04. The maximum Gasteiger partial charge on any atom is 0.223 e. The van der Waals surface area contributed by atoms with Gasteiger partial charge in [0.25, 0.3) is 0 Å². The molecule has 3 atom stereocenters. The Kier molecular flexibility index (Phi) is 6.24. The van der Waals surface area contributed by atoms with Crippen molar-refractivity contribution >= 4 is 5.91 Å². The van der Waals surface area contributed by atoms with Gasteiger partial charge in [-0.05, 0) is 55.0 Å². The Morgan fingerprint density at radius 1 is 1.42 bits per heavy atom. The average molecular weight is 335 g/mol. The Hall–Kier alpha value is -1.59. The van der Waals surface area contributed by atoms with Crippen LogP contribution < -0.4 is 10.1 Å². The van der Waals surface area contributed by atoms with E-state index >= 15 is 0 Å². The van der Waals surface area contributed by atoms with Crippen molar-refractivity contribution in [3.05, 3.63) is 28.3 Å². The minimum Gasteiger partial charge on any atom is -0.496 e. The smallest absolute Gasteiger partial charge is 0.223 e. The molecule has 1 aromatic carbocycles. The lowest BCUT2D eigenvalue weighted by atomic mass is 9.72. The molecule has 3 unspecified atom stereocenters. The average Bonchev–Trinajstić information content (AvgIpc) is 2.57. The number of ether oxygens (including phenoxy) is 2. The van der Waals surface area contributed by atoms with E-state index < -0.39 is 6.10 Å². The minimum atomic E-state index is -0.647. The molecule has 134 valence electrons. The number of methoxy groups -OCH3 is 2. The first-order valence-electron chi connectivity index (χ1n) is 8.54. The van der Waals surface area contributed by atoms with Gasteiger partial charge >= 0.3 is 0 Å². The highest BCUT2D eigenvalue weighted by atomic mass is 16.5. The molecule has 0 saturated carbocycles. The fourth-order valence-electron chi connectivity index (χ4n) is 3.75. The SMILES string of the molecule is COCCNC(=O)C(C)C1CCc2c(C)cc(OC)c(C)c2C1O. The number of rotatable bonds is 6. The van der Waals surface area contributed by atoms with Crippen LogP contribution in [0.4, 0.5) is 0 Å². The van der Waals surface area contributed by atoms with Crippen LogP contribution in [0.1, 0.15) is 41.7 Å². The zero-order valence-electron chi connectivity index (χ0n) is 15.3. The number of benzene rings is 1. The Morgan fingerprint density at radius 3 is 2.75 bits per heavy atom. The molecule has 1 aliphatic rings. The molecule has 0 radical (unpaired) electrons. The number of carbonyl (C=O) groups excluding carboxylic acids is 1. The van der Waals surface area contributed by atoms with Crippen molar-refractivity contribution in [2.75, 3.05) is 27.4 Å². The highest BCUT2D eigenvalue weighted by Gasteiger charge is 2.37. The van der Waals surface area contributed by atoms with Gasteiger partial charge in [0.15, 0.2) is 0 Å². The lowest BCUT2D eigenvalue weighted by molar-refractivity contribution is -0.128. The van der Waals surface area contributed by atoms with E-state index in [9.17, 15) is 9.90 Å². The molecule has 1 aliphatic carbocycles. The van der Waals surface area contributed by atoms with Crippen LogP contribution in [0, 0.1) is 25.7 Å². The highest BCUT2D eigenvalue weighted by Crippen LogP contribution is 2.43. The molecule has 0 spiro atoms. The lowest BCUT2D eigenvalue weighted by Gasteiger charge is -2.35. The molecule has 2 rings (SSSR count). The first kappa shape index (κ1) is 18.7. The van der Waals surface area contributed by atoms with Gasteiger partial charge in [0.05, 0.1) is 19.8 Å². The van der Waals surface area contributed by atoms with Gasteiger partial charge in [0, 0.05) is 25.5 Å². The molecule has 1 aromatic rings. The largest absolute Gasteiger partial charge is 0.496 e. The Bertz CT molecular complexity index is 600. The van der Waals surface area contributed by atoms with Crippen LogP contribution in [0.5, 0.6) is 5.75 Å². The van der Waals surface area contributed by atoms with E-state index in [1.54, 1.807) is 14.2 Å². The molecule has 1 amide bonds. The quantitative estimate of drug-likeness (QED) is 0.783. The number of aliphatic hydroxyl groups is 1. The number of nitrogens with one attached hydrogen (secondary N) is 1. The molecule has 24 heavy (non-hydrogen) atoms. The molecule has 5 nitrogen and oxygen atoms in total. The third kappa shape index (κ3) is 3.57. The summed E-state index contributed by atoms with van der Waals surface area (Å²) >= 11 is 0. The Morgan fingerprint density at radius 2 is 2.12 bits per heavy atom. The predicted octanol–water partition coefficient (Wildman–Crippen LogP) is 2.31. The first-order valence-corrected chi connectivity index (χ1v) is 8.54. The van der Waals surface area contributed by atoms with Gasteiger partial charge in [-0.15, -0.1) is 0 Å². The van der Waals surface area contributed by atoms with Crippen LogP contribution in [-0.4, -0.2) is 38.4 Å². The van der Waals surface area contributed by atoms with Crippen molar-refractivity contribution in [3.63, 3.8) is 0 Å². The number of carbonyl (C=O) groups is 1. The van der Waals surface area contributed by atoms with Gasteiger partial charge < -0.3 is 19.9 Å². The summed E-state index contributed by atoms with van der Waals surface area (Å²) in [5.41, 5.74) is 4.26. The summed E-state index contributed by atoms with van der Waals surface area (Å²) < 4.78 is 10.4. The minimum absolute atomic E-state index is 0.0307. The lowest BCUT2D eigenvalue weighted by Crippen LogP contribution is -2.38. The van der Waals surface area contributed by atoms with E-state index in [-0.39, 0.29) is 17.7 Å². The summed E-state index contributed by atoms with van der Waals surface area (Å²) in [5, 5.41) is 13.9. The molecule has 0 saturated heterocycles.